The molecule has 0 aliphatic carbocycles. The molecule has 0 fully saturated rings. The minimum atomic E-state index is -0.210. The van der Waals surface area contributed by atoms with E-state index in [0.717, 1.165) is 0 Å². The van der Waals surface area contributed by atoms with Crippen LogP contribution in [0.3, 0.4) is 0 Å². The zero-order valence-corrected chi connectivity index (χ0v) is 6.90. The maximum absolute atomic E-state index is 9.49. The normalized spacial score (nSPS) is 8.17. The fourth-order valence-electron chi connectivity index (χ4n) is 0.0589. The van der Waals surface area contributed by atoms with E-state index in [-0.39, 0.29) is 38.4 Å². The van der Waals surface area contributed by atoms with E-state index in [0.29, 0.717) is 6.16 Å². The molecule has 0 radical (unpaired) electrons. The third-order valence-electron chi connectivity index (χ3n) is 0.228. The van der Waals surface area contributed by atoms with Crippen molar-refractivity contribution in [3.63, 3.8) is 0 Å². The van der Waals surface area contributed by atoms with Crippen LogP contribution in [-0.4, -0.2) is 6.16 Å². The quantitative estimate of drug-likeness (QED) is 0.214. The van der Waals surface area contributed by atoms with Crippen molar-refractivity contribution in [1.29, 1.82) is 0 Å². The van der Waals surface area contributed by atoms with E-state index in [1.165, 1.54) is 0 Å². The first-order valence-corrected chi connectivity index (χ1v) is 2.49. The number of hydrogen-bond acceptors (Lipinski definition) is 1. The minimum absolute atomic E-state index is 0. The van der Waals surface area contributed by atoms with Crippen LogP contribution in [0.2, 0.25) is 0 Å². The van der Waals surface area contributed by atoms with Crippen molar-refractivity contribution in [1.82, 2.24) is 0 Å². The van der Waals surface area contributed by atoms with Gasteiger partial charge in [0.25, 0.3) is 0 Å². The van der Waals surface area contributed by atoms with E-state index >= 15 is 0 Å². The van der Waals surface area contributed by atoms with Crippen LogP contribution >= 0.6 is 8.81 Å². The molecule has 0 spiro atoms. The topological polar surface area (TPSA) is 23.1 Å². The molecule has 0 aliphatic heterocycles. The first-order valence-electron chi connectivity index (χ1n) is 1.37. The van der Waals surface area contributed by atoms with Gasteiger partial charge >= 0.3 is 29.6 Å². The van der Waals surface area contributed by atoms with E-state index in [1.54, 1.807) is 6.08 Å². The molecule has 0 aromatic rings. The smallest absolute Gasteiger partial charge is 0.831 e. The molecule has 30 valence electrons. The van der Waals surface area contributed by atoms with Crippen LogP contribution in [0.4, 0.5) is 0 Å². The van der Waals surface area contributed by atoms with Gasteiger partial charge in [0.15, 0.2) is 0 Å². The third kappa shape index (κ3) is 8.93. The number of hydrogen-bond donors (Lipinski definition) is 0. The van der Waals surface area contributed by atoms with Crippen molar-refractivity contribution in [2.75, 3.05) is 6.16 Å². The molecule has 0 rings (SSSR count). The molecule has 3 heteroatoms. The van der Waals surface area contributed by atoms with Crippen molar-refractivity contribution < 1.29 is 34.5 Å². The summed E-state index contributed by atoms with van der Waals surface area (Å²) in [6, 6.07) is 0. The van der Waals surface area contributed by atoms with E-state index in [2.05, 4.69) is 6.58 Å². The fourth-order valence-corrected chi connectivity index (χ4v) is 0.177. The predicted molar refractivity (Wildman–Crippen MR) is 23.4 cm³/mol. The fraction of sp³-hybridized carbons (Fsp3) is 0.333. The van der Waals surface area contributed by atoms with Crippen molar-refractivity contribution in [3.05, 3.63) is 12.7 Å². The van der Waals surface area contributed by atoms with Gasteiger partial charge in [-0.1, -0.05) is 6.08 Å². The van der Waals surface area contributed by atoms with Gasteiger partial charge in [-0.15, -0.1) is 6.58 Å². The van der Waals surface area contributed by atoms with Crippen LogP contribution in [0.15, 0.2) is 12.7 Å². The van der Waals surface area contributed by atoms with Crippen LogP contribution in [0.25, 0.3) is 0 Å². The van der Waals surface area contributed by atoms with Crippen molar-refractivity contribution in [2.24, 2.45) is 0 Å². The van der Waals surface area contributed by atoms with Crippen molar-refractivity contribution >= 4 is 8.81 Å². The summed E-state index contributed by atoms with van der Waals surface area (Å²) in [5.41, 5.74) is 0. The molecule has 0 bridgehead atoms. The van der Waals surface area contributed by atoms with Crippen molar-refractivity contribution in [2.45, 2.75) is 0 Å². The molecule has 0 aromatic heterocycles. The Kier molecular flexibility index (Phi) is 16.0. The molecular weight excluding hydrogens is 106 g/mol. The number of rotatable bonds is 2. The van der Waals surface area contributed by atoms with Crippen LogP contribution in [0, 0.1) is 0 Å². The Balaban J connectivity index is 0. The minimum Gasteiger partial charge on any atom is -0.831 e. The van der Waals surface area contributed by atoms with Gasteiger partial charge in [-0.3, -0.25) is 0 Å². The molecule has 0 N–H and O–H groups in total. The summed E-state index contributed by atoms with van der Waals surface area (Å²) in [7, 11) is -0.210. The van der Waals surface area contributed by atoms with Crippen molar-refractivity contribution in [3.8, 4) is 0 Å². The summed E-state index contributed by atoms with van der Waals surface area (Å²) >= 11 is 0. The average Bonchev–Trinajstić information content (AvgIpc) is 1.41. The summed E-state index contributed by atoms with van der Waals surface area (Å²) in [4.78, 5) is 9.49. The van der Waals surface area contributed by atoms with Gasteiger partial charge in [0.1, 0.15) is 0 Å². The molecule has 0 saturated carbocycles. The largest absolute Gasteiger partial charge is 1.00 e. The zero-order chi connectivity index (χ0) is 4.12. The molecule has 6 heavy (non-hydrogen) atoms. The van der Waals surface area contributed by atoms with E-state index < -0.39 is 0 Å². The second-order valence-corrected chi connectivity index (χ2v) is 1.33. The Morgan fingerprint density at radius 2 is 2.33 bits per heavy atom. The van der Waals surface area contributed by atoms with Gasteiger partial charge < -0.3 is 4.89 Å². The van der Waals surface area contributed by atoms with Gasteiger partial charge in [0, 0.05) is 0 Å². The molecule has 0 heterocycles. The Bertz CT molecular complexity index is 32.0. The van der Waals surface area contributed by atoms with Gasteiger partial charge in [-0.2, -0.15) is 0 Å². The second-order valence-electron chi connectivity index (χ2n) is 0.637. The van der Waals surface area contributed by atoms with Gasteiger partial charge in [0.2, 0.25) is 0 Å². The van der Waals surface area contributed by atoms with Crippen LogP contribution in [0.5, 0.6) is 0 Å². The predicted octanol–water partition coefficient (Wildman–Crippen LogP) is -2.87. The Hall–Kier alpha value is 1.13. The standard InChI is InChI=1S/C3H6OP.Na/c1-2-3-5-4;/h2,5H,1,3H2;/q-1;+1. The van der Waals surface area contributed by atoms with Gasteiger partial charge in [0.05, 0.1) is 0 Å². The summed E-state index contributed by atoms with van der Waals surface area (Å²) < 4.78 is 0. The van der Waals surface area contributed by atoms with Gasteiger partial charge in [-0.05, 0) is 6.16 Å². The molecule has 1 atom stereocenters. The van der Waals surface area contributed by atoms with Gasteiger partial charge in [-0.25, -0.2) is 8.81 Å². The maximum atomic E-state index is 9.49. The van der Waals surface area contributed by atoms with Crippen LogP contribution < -0.4 is 34.5 Å². The third-order valence-corrected chi connectivity index (χ3v) is 0.683. The summed E-state index contributed by atoms with van der Waals surface area (Å²) in [6.07, 6.45) is 2.26. The van der Waals surface area contributed by atoms with Crippen LogP contribution in [-0.2, 0) is 0 Å². The zero-order valence-electron chi connectivity index (χ0n) is 3.90. The summed E-state index contributed by atoms with van der Waals surface area (Å²) in [5.74, 6) is 0. The Morgan fingerprint density at radius 3 is 2.33 bits per heavy atom. The van der Waals surface area contributed by atoms with E-state index in [9.17, 15) is 4.89 Å². The van der Waals surface area contributed by atoms with Crippen LogP contribution in [0.1, 0.15) is 0 Å². The molecule has 0 aliphatic rings. The molecule has 1 nitrogen and oxygen atoms in total. The molecule has 0 saturated heterocycles. The Labute approximate surface area is 62.0 Å². The SMILES string of the molecule is C=CCP[O-].[Na+]. The molecule has 0 aromatic carbocycles. The first kappa shape index (κ1) is 10.2. The first-order chi connectivity index (χ1) is 2.41. The van der Waals surface area contributed by atoms with E-state index in [1.807, 2.05) is 0 Å². The average molecular weight is 112 g/mol. The summed E-state index contributed by atoms with van der Waals surface area (Å²) in [5, 5.41) is 0. The number of allylic oxidation sites excluding steroid dienone is 1. The molecule has 1 unspecified atom stereocenters. The Morgan fingerprint density at radius 1 is 1.83 bits per heavy atom. The summed E-state index contributed by atoms with van der Waals surface area (Å²) in [6.45, 7) is 3.36. The second kappa shape index (κ2) is 9.46. The molecular formula is C3H6NaOP. The maximum Gasteiger partial charge on any atom is 1.00 e. The monoisotopic (exact) mass is 112 g/mol. The molecule has 0 amide bonds. The van der Waals surface area contributed by atoms with E-state index in [4.69, 9.17) is 0 Å².